The number of halogens is 3. The Kier molecular flexibility index (Phi) is 34.2. The van der Waals surface area contributed by atoms with Gasteiger partial charge in [0.25, 0.3) is 0 Å². The van der Waals surface area contributed by atoms with Gasteiger partial charge in [0.05, 0.1) is 0 Å². The zero-order valence-electron chi connectivity index (χ0n) is 2.42. The summed E-state index contributed by atoms with van der Waals surface area (Å²) >= 11 is 3.92. The van der Waals surface area contributed by atoms with Crippen molar-refractivity contribution in [1.82, 2.24) is 0 Å². The number of hydrogen-bond acceptors (Lipinski definition) is 0. The van der Waals surface area contributed by atoms with Gasteiger partial charge in [-0.25, -0.2) is 0 Å². The summed E-state index contributed by atoms with van der Waals surface area (Å²) < 4.78 is 0. The van der Waals surface area contributed by atoms with E-state index < -0.39 is 13.6 Å². The van der Waals surface area contributed by atoms with Crippen LogP contribution in [0.5, 0.6) is 0 Å². The van der Waals surface area contributed by atoms with Gasteiger partial charge in [-0.15, -0.1) is 0 Å². The summed E-state index contributed by atoms with van der Waals surface area (Å²) in [5.41, 5.74) is 0. The molecule has 0 saturated heterocycles. The van der Waals surface area contributed by atoms with E-state index in [0.717, 1.165) is 0 Å². The Bertz CT molecular complexity index is 6.85. The fourth-order valence-corrected chi connectivity index (χ4v) is 0. The van der Waals surface area contributed by atoms with Crippen LogP contribution in [0.3, 0.4) is 0 Å². The fourth-order valence-electron chi connectivity index (χ4n) is 0. The van der Waals surface area contributed by atoms with Crippen LogP contribution in [0.1, 0.15) is 0 Å². The molecular weight excluding hydrogens is 207 g/mol. The minimum atomic E-state index is -0.743. The van der Waals surface area contributed by atoms with Gasteiger partial charge >= 0.3 is 33.6 Å². The summed E-state index contributed by atoms with van der Waals surface area (Å²) in [7, 11) is 11.2. The van der Waals surface area contributed by atoms with Crippen LogP contribution in [0.15, 0.2) is 0 Å². The normalized spacial score (nSPS) is 4.80. The van der Waals surface area contributed by atoms with Gasteiger partial charge in [0, 0.05) is 0 Å². The first kappa shape index (κ1) is 9.80. The smallest absolute Gasteiger partial charge is 0.128 e. The molecule has 0 saturated carbocycles. The molecule has 0 rings (SSSR count). The first-order valence-electron chi connectivity index (χ1n) is 0.704. The molecular formula is H3Cl3GeSi. The van der Waals surface area contributed by atoms with E-state index in [1.54, 1.807) is 0 Å². The quantitative estimate of drug-likeness (QED) is 0.403. The Morgan fingerprint density at radius 1 is 1.20 bits per heavy atom. The Morgan fingerprint density at radius 2 is 1.20 bits per heavy atom. The standard InChI is InChI=1S/Cl2GeH.ClH2Si/c1-3-2;1-2/h3H;2H2. The topological polar surface area (TPSA) is 0 Å². The maximum atomic E-state index is 4.92. The number of rotatable bonds is 0. The fraction of sp³-hybridized carbons (Fsp3) is 0. The van der Waals surface area contributed by atoms with Gasteiger partial charge in [-0.3, -0.25) is 0 Å². The molecule has 0 aliphatic rings. The molecule has 0 aromatic carbocycles. The minimum absolute atomic E-state index is 0.743. The summed E-state index contributed by atoms with van der Waals surface area (Å²) in [6.07, 6.45) is 0. The van der Waals surface area contributed by atoms with Crippen molar-refractivity contribution in [3.63, 3.8) is 0 Å². The van der Waals surface area contributed by atoms with Crippen LogP contribution in [-0.4, -0.2) is 23.1 Å². The van der Waals surface area contributed by atoms with Crippen LogP contribution in [0.25, 0.3) is 0 Å². The Morgan fingerprint density at radius 3 is 1.20 bits per heavy atom. The van der Waals surface area contributed by atoms with E-state index >= 15 is 0 Å². The largest absolute Gasteiger partial charge is 0.179 e. The van der Waals surface area contributed by atoms with Crippen LogP contribution in [0.4, 0.5) is 0 Å². The second kappa shape index (κ2) is 17.4. The molecule has 2 radical (unpaired) electrons. The van der Waals surface area contributed by atoms with Crippen molar-refractivity contribution >= 4 is 54.2 Å². The first-order chi connectivity index (χ1) is 2.41. The predicted octanol–water partition coefficient (Wildman–Crippen LogP) is 0.504. The molecule has 0 heterocycles. The van der Waals surface area contributed by atoms with E-state index in [9.17, 15) is 0 Å². The average Bonchev–Trinajstić information content (AvgIpc) is 1.46. The summed E-state index contributed by atoms with van der Waals surface area (Å²) in [6.45, 7) is 0. The molecule has 0 N–H and O–H groups in total. The third-order valence-electron chi connectivity index (χ3n) is 0. The Balaban J connectivity index is 0. The SMILES string of the molecule is [Cl][GeH][Cl].[SiH2]Cl. The van der Waals surface area contributed by atoms with Gasteiger partial charge < -0.3 is 0 Å². The van der Waals surface area contributed by atoms with E-state index in [-0.39, 0.29) is 0 Å². The Labute approximate surface area is 54.1 Å². The molecule has 0 nitrogen and oxygen atoms in total. The van der Waals surface area contributed by atoms with Crippen molar-refractivity contribution < 1.29 is 0 Å². The molecule has 5 heavy (non-hydrogen) atoms. The molecule has 32 valence electrons. The third kappa shape index (κ3) is 27.9. The van der Waals surface area contributed by atoms with Gasteiger partial charge in [-0.05, 0) is 0 Å². The van der Waals surface area contributed by atoms with E-state index in [0.29, 0.717) is 0 Å². The molecule has 0 fully saturated rings. The van der Waals surface area contributed by atoms with Crippen LogP contribution >= 0.6 is 31.1 Å². The molecule has 5 heteroatoms. The summed E-state index contributed by atoms with van der Waals surface area (Å²) in [4.78, 5) is 0. The summed E-state index contributed by atoms with van der Waals surface area (Å²) in [5, 5.41) is 0. The van der Waals surface area contributed by atoms with Gasteiger partial charge in [0.2, 0.25) is 0 Å². The van der Waals surface area contributed by atoms with Gasteiger partial charge in [-0.1, -0.05) is 0 Å². The van der Waals surface area contributed by atoms with Crippen LogP contribution in [0.2, 0.25) is 0 Å². The van der Waals surface area contributed by atoms with Crippen LogP contribution in [-0.2, 0) is 0 Å². The van der Waals surface area contributed by atoms with Crippen molar-refractivity contribution in [2.45, 2.75) is 0 Å². The number of hydrogen-bond donors (Lipinski definition) is 0. The Hall–Kier alpha value is 1.63. The molecule has 0 aliphatic heterocycles. The summed E-state index contributed by atoms with van der Waals surface area (Å²) in [6, 6.07) is 0. The van der Waals surface area contributed by atoms with E-state index in [1.165, 1.54) is 9.55 Å². The van der Waals surface area contributed by atoms with Crippen molar-refractivity contribution in [3.05, 3.63) is 0 Å². The van der Waals surface area contributed by atoms with Crippen molar-refractivity contribution in [2.75, 3.05) is 0 Å². The second-order valence-electron chi connectivity index (χ2n) is 0.0825. The zero-order valence-corrected chi connectivity index (χ0v) is 8.52. The monoisotopic (exact) mass is 210 g/mol. The van der Waals surface area contributed by atoms with Crippen LogP contribution < -0.4 is 0 Å². The zero-order chi connectivity index (χ0) is 4.71. The maximum absolute atomic E-state index is 4.92. The maximum Gasteiger partial charge on any atom is 0.128 e. The molecule has 0 bridgehead atoms. The molecule has 0 amide bonds. The third-order valence-corrected chi connectivity index (χ3v) is 0. The van der Waals surface area contributed by atoms with E-state index in [1.807, 2.05) is 0 Å². The van der Waals surface area contributed by atoms with Gasteiger partial charge in [-0.2, -0.15) is 11.1 Å². The molecule has 0 aliphatic carbocycles. The summed E-state index contributed by atoms with van der Waals surface area (Å²) in [5.74, 6) is 0. The van der Waals surface area contributed by atoms with Crippen molar-refractivity contribution in [3.8, 4) is 0 Å². The first-order valence-corrected chi connectivity index (χ1v) is 9.21. The van der Waals surface area contributed by atoms with Crippen molar-refractivity contribution in [2.24, 2.45) is 0 Å². The van der Waals surface area contributed by atoms with E-state index in [2.05, 4.69) is 11.1 Å². The van der Waals surface area contributed by atoms with Crippen LogP contribution in [0, 0.1) is 0 Å². The van der Waals surface area contributed by atoms with Crippen molar-refractivity contribution in [1.29, 1.82) is 0 Å². The van der Waals surface area contributed by atoms with Gasteiger partial charge in [0.15, 0.2) is 0 Å². The molecule has 0 aromatic rings. The molecule has 0 spiro atoms. The predicted molar refractivity (Wildman–Crippen MR) is 33.3 cm³/mol. The molecule has 0 unspecified atom stereocenters. The second-order valence-corrected chi connectivity index (χ2v) is 3.86. The van der Waals surface area contributed by atoms with Gasteiger partial charge in [0.1, 0.15) is 9.55 Å². The average molecular weight is 210 g/mol. The molecule has 0 aromatic heterocycles. The van der Waals surface area contributed by atoms with E-state index in [4.69, 9.17) is 20.0 Å². The molecule has 0 atom stereocenters. The minimum Gasteiger partial charge on any atom is -0.179 e.